The molecule has 0 spiro atoms. The third-order valence-corrected chi connectivity index (χ3v) is 8.75. The Morgan fingerprint density at radius 3 is 1.81 bits per heavy atom. The number of aromatic nitrogens is 2. The van der Waals surface area contributed by atoms with Crippen molar-refractivity contribution < 1.29 is 4.42 Å². The fourth-order valence-corrected chi connectivity index (χ4v) is 6.92. The van der Waals surface area contributed by atoms with E-state index in [1.54, 1.807) is 0 Å². The van der Waals surface area contributed by atoms with Gasteiger partial charge in [-0.3, -0.25) is 4.57 Å². The fraction of sp³-hybridized carbons (Fsp3) is 0.0250. The molecular weight excluding hydrogens is 524 g/mol. The van der Waals surface area contributed by atoms with Crippen LogP contribution in [0.4, 0.5) is 0 Å². The highest BCUT2D eigenvalue weighted by molar-refractivity contribution is 6.24. The number of nitrogens with zero attached hydrogens (tertiary/aromatic N) is 2. The monoisotopic (exact) mass is 550 g/mol. The van der Waals surface area contributed by atoms with Crippen molar-refractivity contribution in [2.24, 2.45) is 0 Å². The van der Waals surface area contributed by atoms with E-state index in [0.29, 0.717) is 0 Å². The van der Waals surface area contributed by atoms with Gasteiger partial charge in [0.1, 0.15) is 17.0 Å². The van der Waals surface area contributed by atoms with Crippen molar-refractivity contribution in [3.05, 3.63) is 145 Å². The summed E-state index contributed by atoms with van der Waals surface area (Å²) in [4.78, 5) is 4.78. The van der Waals surface area contributed by atoms with Gasteiger partial charge >= 0.3 is 0 Å². The van der Waals surface area contributed by atoms with Gasteiger partial charge in [-0.2, -0.15) is 0 Å². The van der Waals surface area contributed by atoms with Gasteiger partial charge in [0.2, 0.25) is 0 Å². The lowest BCUT2D eigenvalue weighted by molar-refractivity contribution is 0.670. The maximum absolute atomic E-state index is 6.53. The van der Waals surface area contributed by atoms with E-state index in [1.807, 2.05) is 12.1 Å². The van der Waals surface area contributed by atoms with E-state index >= 15 is 0 Å². The molecule has 7 aromatic carbocycles. The van der Waals surface area contributed by atoms with E-state index in [0.717, 1.165) is 50.0 Å². The summed E-state index contributed by atoms with van der Waals surface area (Å²) < 4.78 is 8.76. The molecule has 0 aliphatic rings. The zero-order valence-corrected chi connectivity index (χ0v) is 23.6. The minimum atomic E-state index is 0.913. The minimum absolute atomic E-state index is 0.913. The summed E-state index contributed by atoms with van der Waals surface area (Å²) >= 11 is 0. The Labute approximate surface area is 248 Å². The van der Waals surface area contributed by atoms with Crippen molar-refractivity contribution in [1.29, 1.82) is 0 Å². The molecule has 0 radical (unpaired) electrons. The highest BCUT2D eigenvalue weighted by atomic mass is 16.3. The van der Waals surface area contributed by atoms with E-state index < -0.39 is 0 Å². The number of benzene rings is 7. The molecule has 0 N–H and O–H groups in total. The molecule has 3 nitrogen and oxygen atoms in total. The first-order valence-electron chi connectivity index (χ1n) is 14.7. The van der Waals surface area contributed by atoms with Gasteiger partial charge in [-0.1, -0.05) is 109 Å². The lowest BCUT2D eigenvalue weighted by Crippen LogP contribution is -1.97. The molecule has 0 saturated heterocycles. The smallest absolute Gasteiger partial charge is 0.143 e. The predicted molar refractivity (Wildman–Crippen MR) is 179 cm³/mol. The number of imidazole rings is 1. The Morgan fingerprint density at radius 1 is 0.512 bits per heavy atom. The molecular formula is C40H26N2O. The largest absolute Gasteiger partial charge is 0.455 e. The molecule has 0 amide bonds. The second kappa shape index (κ2) is 9.17. The lowest BCUT2D eigenvalue weighted by atomic mass is 9.85. The Bertz CT molecular complexity index is 2460. The van der Waals surface area contributed by atoms with Gasteiger partial charge < -0.3 is 4.42 Å². The molecule has 0 bridgehead atoms. The van der Waals surface area contributed by atoms with Gasteiger partial charge in [-0.15, -0.1) is 0 Å². The number of rotatable bonds is 3. The van der Waals surface area contributed by atoms with Crippen molar-refractivity contribution >= 4 is 54.5 Å². The molecule has 2 aromatic heterocycles. The SMILES string of the molecule is Cc1nc2ccccc2n1-c1ccc(-c2c3ccccc3c(-c3cccc4c3oc3ccccc34)c3ccccc23)cc1. The van der Waals surface area contributed by atoms with E-state index in [2.05, 4.69) is 139 Å². The summed E-state index contributed by atoms with van der Waals surface area (Å²) in [5.74, 6) is 0.981. The summed E-state index contributed by atoms with van der Waals surface area (Å²) in [6, 6.07) is 49.6. The zero-order chi connectivity index (χ0) is 28.5. The molecule has 0 fully saturated rings. The van der Waals surface area contributed by atoms with Crippen LogP contribution < -0.4 is 0 Å². The van der Waals surface area contributed by atoms with E-state index in [-0.39, 0.29) is 0 Å². The first kappa shape index (κ1) is 24.0. The number of hydrogen-bond donors (Lipinski definition) is 0. The molecule has 9 aromatic rings. The van der Waals surface area contributed by atoms with Gasteiger partial charge in [0.25, 0.3) is 0 Å². The minimum Gasteiger partial charge on any atom is -0.455 e. The number of para-hydroxylation sites is 4. The number of fused-ring (bicyclic) bond motifs is 6. The van der Waals surface area contributed by atoms with E-state index in [4.69, 9.17) is 9.40 Å². The maximum Gasteiger partial charge on any atom is 0.143 e. The molecule has 43 heavy (non-hydrogen) atoms. The Hall–Kier alpha value is -5.67. The van der Waals surface area contributed by atoms with E-state index in [9.17, 15) is 0 Å². The summed E-state index contributed by atoms with van der Waals surface area (Å²) in [7, 11) is 0. The van der Waals surface area contributed by atoms with Crippen molar-refractivity contribution in [3.8, 4) is 27.9 Å². The summed E-state index contributed by atoms with van der Waals surface area (Å²) in [6.45, 7) is 2.07. The number of hydrogen-bond acceptors (Lipinski definition) is 2. The molecule has 0 unspecified atom stereocenters. The molecule has 0 saturated carbocycles. The van der Waals surface area contributed by atoms with Crippen LogP contribution in [0.3, 0.4) is 0 Å². The lowest BCUT2D eigenvalue weighted by Gasteiger charge is -2.18. The predicted octanol–water partition coefficient (Wildman–Crippen LogP) is 10.9. The summed E-state index contributed by atoms with van der Waals surface area (Å²) in [6.07, 6.45) is 0. The Balaban J connectivity index is 1.31. The molecule has 202 valence electrons. The standard InChI is InChI=1S/C40H26N2O/c1-25-41-35-18-7-8-19-36(35)42(25)27-23-21-26(22-24-27)38-29-12-2-4-14-31(29)39(32-15-5-3-13-30(32)38)34-17-10-16-33-28-11-6-9-20-37(28)43-40(33)34/h2-24H,1H3. The third kappa shape index (κ3) is 3.52. The highest BCUT2D eigenvalue weighted by Gasteiger charge is 2.20. The molecule has 9 rings (SSSR count). The van der Waals surface area contributed by atoms with Crippen molar-refractivity contribution in [2.75, 3.05) is 0 Å². The first-order chi connectivity index (χ1) is 21.3. The second-order valence-electron chi connectivity index (χ2n) is 11.2. The Kier molecular flexibility index (Phi) is 5.11. The van der Waals surface area contributed by atoms with Crippen LogP contribution in [0.15, 0.2) is 144 Å². The van der Waals surface area contributed by atoms with Crippen LogP contribution in [0.5, 0.6) is 0 Å². The third-order valence-electron chi connectivity index (χ3n) is 8.75. The average molecular weight is 551 g/mol. The van der Waals surface area contributed by atoms with Crippen molar-refractivity contribution in [1.82, 2.24) is 9.55 Å². The molecule has 0 aliphatic heterocycles. The number of furan rings is 1. The van der Waals surface area contributed by atoms with Crippen LogP contribution in [-0.4, -0.2) is 9.55 Å². The quantitative estimate of drug-likeness (QED) is 0.205. The van der Waals surface area contributed by atoms with Crippen LogP contribution in [-0.2, 0) is 0 Å². The molecule has 2 heterocycles. The number of aryl methyl sites for hydroxylation is 1. The zero-order valence-electron chi connectivity index (χ0n) is 23.6. The Morgan fingerprint density at radius 2 is 1.09 bits per heavy atom. The van der Waals surface area contributed by atoms with Crippen LogP contribution in [0.2, 0.25) is 0 Å². The van der Waals surface area contributed by atoms with Crippen LogP contribution in [0.25, 0.3) is 82.5 Å². The van der Waals surface area contributed by atoms with Gasteiger partial charge in [0, 0.05) is 27.6 Å². The highest BCUT2D eigenvalue weighted by Crippen LogP contribution is 2.46. The van der Waals surface area contributed by atoms with Crippen molar-refractivity contribution in [2.45, 2.75) is 6.92 Å². The van der Waals surface area contributed by atoms with Crippen LogP contribution >= 0.6 is 0 Å². The van der Waals surface area contributed by atoms with Gasteiger partial charge in [-0.25, -0.2) is 4.98 Å². The summed E-state index contributed by atoms with van der Waals surface area (Å²) in [5, 5.41) is 7.16. The van der Waals surface area contributed by atoms with Gasteiger partial charge in [0.15, 0.2) is 0 Å². The topological polar surface area (TPSA) is 31.0 Å². The van der Waals surface area contributed by atoms with E-state index in [1.165, 1.54) is 38.2 Å². The maximum atomic E-state index is 6.53. The van der Waals surface area contributed by atoms with Crippen LogP contribution in [0, 0.1) is 6.92 Å². The molecule has 3 heteroatoms. The van der Waals surface area contributed by atoms with Crippen molar-refractivity contribution in [3.63, 3.8) is 0 Å². The molecule has 0 atom stereocenters. The first-order valence-corrected chi connectivity index (χ1v) is 14.7. The molecule has 0 aliphatic carbocycles. The summed E-state index contributed by atoms with van der Waals surface area (Å²) in [5.41, 5.74) is 9.83. The van der Waals surface area contributed by atoms with Gasteiger partial charge in [0.05, 0.1) is 11.0 Å². The second-order valence-corrected chi connectivity index (χ2v) is 11.2. The van der Waals surface area contributed by atoms with Gasteiger partial charge in [-0.05, 0) is 69.9 Å². The average Bonchev–Trinajstić information content (AvgIpc) is 3.61. The normalized spacial score (nSPS) is 11.8. The van der Waals surface area contributed by atoms with Crippen LogP contribution in [0.1, 0.15) is 5.82 Å². The fourth-order valence-electron chi connectivity index (χ4n) is 6.92.